The summed E-state index contributed by atoms with van der Waals surface area (Å²) >= 11 is 0. The second kappa shape index (κ2) is 10.7. The maximum atomic E-state index is 12.6. The predicted octanol–water partition coefficient (Wildman–Crippen LogP) is -0.831. The van der Waals surface area contributed by atoms with Gasteiger partial charge < -0.3 is 20.1 Å². The van der Waals surface area contributed by atoms with E-state index in [9.17, 15) is 21.6 Å². The van der Waals surface area contributed by atoms with Gasteiger partial charge in [0.05, 0.1) is 37.1 Å². The molecular formula is C18H28N4O7S2. The molecule has 13 heteroatoms. The number of hydrogen-bond donors (Lipinski definition) is 2. The highest BCUT2D eigenvalue weighted by molar-refractivity contribution is 7.89. The summed E-state index contributed by atoms with van der Waals surface area (Å²) in [6, 6.07) is 5.79. The molecular weight excluding hydrogens is 448 g/mol. The van der Waals surface area contributed by atoms with E-state index in [2.05, 4.69) is 10.6 Å². The second-order valence-corrected chi connectivity index (χ2v) is 11.1. The van der Waals surface area contributed by atoms with Crippen molar-refractivity contribution in [1.29, 1.82) is 0 Å². The minimum atomic E-state index is -3.56. The van der Waals surface area contributed by atoms with Crippen LogP contribution in [0, 0.1) is 0 Å². The number of morpholine rings is 2. The zero-order valence-corrected chi connectivity index (χ0v) is 18.8. The molecule has 31 heavy (non-hydrogen) atoms. The molecule has 2 fully saturated rings. The van der Waals surface area contributed by atoms with Crippen molar-refractivity contribution in [1.82, 2.24) is 19.2 Å². The molecule has 0 aromatic heterocycles. The first-order valence-corrected chi connectivity index (χ1v) is 13.1. The molecule has 0 atom stereocenters. The van der Waals surface area contributed by atoms with Crippen LogP contribution < -0.4 is 10.6 Å². The van der Waals surface area contributed by atoms with E-state index in [-0.39, 0.29) is 23.7 Å². The van der Waals surface area contributed by atoms with Gasteiger partial charge in [-0.15, -0.1) is 0 Å². The van der Waals surface area contributed by atoms with Crippen molar-refractivity contribution in [2.45, 2.75) is 11.4 Å². The van der Waals surface area contributed by atoms with Crippen molar-refractivity contribution in [2.24, 2.45) is 0 Å². The number of ether oxygens (including phenoxy) is 2. The van der Waals surface area contributed by atoms with Crippen LogP contribution in [0.4, 0.5) is 4.79 Å². The normalized spacial score (nSPS) is 19.1. The minimum absolute atomic E-state index is 0.0117. The third-order valence-electron chi connectivity index (χ3n) is 4.99. The molecule has 0 aliphatic carbocycles. The molecule has 3 rings (SSSR count). The van der Waals surface area contributed by atoms with Gasteiger partial charge in [0.25, 0.3) is 0 Å². The van der Waals surface area contributed by atoms with Crippen LogP contribution in [0.5, 0.6) is 0 Å². The van der Waals surface area contributed by atoms with Gasteiger partial charge in [-0.3, -0.25) is 0 Å². The second-order valence-electron chi connectivity index (χ2n) is 7.10. The Morgan fingerprint density at radius 2 is 1.39 bits per heavy atom. The summed E-state index contributed by atoms with van der Waals surface area (Å²) in [5.41, 5.74) is 0.719. The van der Waals surface area contributed by atoms with Crippen LogP contribution >= 0.6 is 0 Å². The lowest BCUT2D eigenvalue weighted by Gasteiger charge is -2.26. The fourth-order valence-electron chi connectivity index (χ4n) is 3.21. The van der Waals surface area contributed by atoms with Crippen LogP contribution in [0.2, 0.25) is 0 Å². The van der Waals surface area contributed by atoms with Gasteiger partial charge in [-0.2, -0.15) is 8.61 Å². The number of carbonyl (C=O) groups is 1. The molecule has 2 heterocycles. The molecule has 0 unspecified atom stereocenters. The van der Waals surface area contributed by atoms with Crippen molar-refractivity contribution >= 4 is 26.1 Å². The van der Waals surface area contributed by atoms with Gasteiger partial charge in [-0.05, 0) is 17.7 Å². The average molecular weight is 477 g/mol. The maximum absolute atomic E-state index is 12.6. The largest absolute Gasteiger partial charge is 0.379 e. The van der Waals surface area contributed by atoms with Crippen molar-refractivity contribution < 1.29 is 31.1 Å². The predicted molar refractivity (Wildman–Crippen MR) is 112 cm³/mol. The van der Waals surface area contributed by atoms with Crippen molar-refractivity contribution in [3.05, 3.63) is 29.8 Å². The summed E-state index contributed by atoms with van der Waals surface area (Å²) in [6.45, 7) is 2.98. The van der Waals surface area contributed by atoms with Crippen molar-refractivity contribution in [3.8, 4) is 0 Å². The summed E-state index contributed by atoms with van der Waals surface area (Å²) < 4.78 is 62.7. The summed E-state index contributed by atoms with van der Waals surface area (Å²) in [6.07, 6.45) is 0. The van der Waals surface area contributed by atoms with Crippen molar-refractivity contribution in [3.63, 3.8) is 0 Å². The molecule has 0 radical (unpaired) electrons. The van der Waals surface area contributed by atoms with Gasteiger partial charge in [0.15, 0.2) is 0 Å². The van der Waals surface area contributed by atoms with Crippen LogP contribution in [-0.2, 0) is 36.1 Å². The first kappa shape index (κ1) is 23.9. The Balaban J connectivity index is 1.43. The molecule has 0 spiro atoms. The van der Waals surface area contributed by atoms with Crippen LogP contribution in [0.1, 0.15) is 5.56 Å². The Bertz CT molecular complexity index is 940. The van der Waals surface area contributed by atoms with Gasteiger partial charge in [0.1, 0.15) is 0 Å². The van der Waals surface area contributed by atoms with Gasteiger partial charge in [0.2, 0.25) is 20.0 Å². The molecule has 2 N–H and O–H groups in total. The molecule has 174 valence electrons. The highest BCUT2D eigenvalue weighted by Crippen LogP contribution is 2.17. The summed E-state index contributed by atoms with van der Waals surface area (Å²) in [5, 5.41) is 5.16. The first-order chi connectivity index (χ1) is 14.8. The topological polar surface area (TPSA) is 134 Å². The monoisotopic (exact) mass is 476 g/mol. The third-order valence-corrected chi connectivity index (χ3v) is 8.78. The van der Waals surface area contributed by atoms with Crippen LogP contribution in [0.25, 0.3) is 0 Å². The number of carbonyl (C=O) groups excluding carboxylic acids is 1. The number of benzene rings is 1. The number of urea groups is 1. The summed E-state index contributed by atoms with van der Waals surface area (Å²) in [7, 11) is -6.99. The lowest BCUT2D eigenvalue weighted by atomic mass is 10.2. The molecule has 1 aromatic rings. The van der Waals surface area contributed by atoms with E-state index >= 15 is 0 Å². The summed E-state index contributed by atoms with van der Waals surface area (Å²) in [5.74, 6) is -0.186. The number of nitrogens with one attached hydrogen (secondary N) is 2. The Labute approximate surface area is 182 Å². The fraction of sp³-hybridized carbons (Fsp3) is 0.611. The fourth-order valence-corrected chi connectivity index (χ4v) is 5.94. The number of amides is 2. The molecule has 2 aliphatic heterocycles. The van der Waals surface area contributed by atoms with E-state index in [0.29, 0.717) is 52.6 Å². The van der Waals surface area contributed by atoms with E-state index in [1.807, 2.05) is 0 Å². The van der Waals surface area contributed by atoms with Gasteiger partial charge in [-0.1, -0.05) is 12.1 Å². The van der Waals surface area contributed by atoms with Gasteiger partial charge in [0, 0.05) is 39.3 Å². The number of sulfonamides is 2. The lowest BCUT2D eigenvalue weighted by Crippen LogP contribution is -2.44. The van der Waals surface area contributed by atoms with E-state index in [1.165, 1.54) is 20.7 Å². The number of hydrogen-bond acceptors (Lipinski definition) is 7. The average Bonchev–Trinajstić information content (AvgIpc) is 2.79. The highest BCUT2D eigenvalue weighted by atomic mass is 32.2. The molecule has 11 nitrogen and oxygen atoms in total. The quantitative estimate of drug-likeness (QED) is 0.500. The maximum Gasteiger partial charge on any atom is 0.315 e. The Morgan fingerprint density at radius 3 is 1.97 bits per heavy atom. The first-order valence-electron chi connectivity index (χ1n) is 10.0. The third kappa shape index (κ3) is 6.60. The van der Waals surface area contributed by atoms with E-state index in [0.717, 1.165) is 5.56 Å². The van der Waals surface area contributed by atoms with E-state index in [1.54, 1.807) is 12.1 Å². The Kier molecular flexibility index (Phi) is 8.24. The zero-order valence-electron chi connectivity index (χ0n) is 17.2. The lowest BCUT2D eigenvalue weighted by molar-refractivity contribution is 0.0730. The molecule has 2 aliphatic rings. The zero-order chi connectivity index (χ0) is 22.3. The van der Waals surface area contributed by atoms with Crippen molar-refractivity contribution in [2.75, 3.05) is 64.9 Å². The van der Waals surface area contributed by atoms with Crippen LogP contribution in [0.15, 0.2) is 29.2 Å². The van der Waals surface area contributed by atoms with Crippen LogP contribution in [-0.4, -0.2) is 96.4 Å². The Hall–Kier alpha value is -1.77. The van der Waals surface area contributed by atoms with E-state index < -0.39 is 26.1 Å². The smallest absolute Gasteiger partial charge is 0.315 e. The number of rotatable bonds is 8. The van der Waals surface area contributed by atoms with E-state index in [4.69, 9.17) is 9.47 Å². The van der Waals surface area contributed by atoms with Gasteiger partial charge >= 0.3 is 6.03 Å². The number of nitrogens with zero attached hydrogens (tertiary/aromatic N) is 2. The standard InChI is InChI=1S/C18H28N4O7S2/c23-18(19-5-14-30(24,25)21-6-10-28-11-7-21)20-15-16-1-3-17(4-2-16)31(26,27)22-8-12-29-13-9-22/h1-4H,5-15H2,(H2,19,20,23). The molecule has 2 amide bonds. The van der Waals surface area contributed by atoms with Crippen LogP contribution in [0.3, 0.4) is 0 Å². The molecule has 0 saturated carbocycles. The minimum Gasteiger partial charge on any atom is -0.379 e. The summed E-state index contributed by atoms with van der Waals surface area (Å²) in [4.78, 5) is 12.1. The van der Waals surface area contributed by atoms with Gasteiger partial charge in [-0.25, -0.2) is 21.6 Å². The molecule has 0 bridgehead atoms. The highest BCUT2D eigenvalue weighted by Gasteiger charge is 2.26. The Morgan fingerprint density at radius 1 is 0.839 bits per heavy atom. The molecule has 2 saturated heterocycles. The SMILES string of the molecule is O=C(NCCS(=O)(=O)N1CCOCC1)NCc1ccc(S(=O)(=O)N2CCOCC2)cc1. The molecule has 1 aromatic carbocycles.